The lowest BCUT2D eigenvalue weighted by Gasteiger charge is -2.12. The Kier molecular flexibility index (Phi) is 4.73. The van der Waals surface area contributed by atoms with Crippen molar-refractivity contribution in [3.63, 3.8) is 0 Å². The van der Waals surface area contributed by atoms with Gasteiger partial charge in [0.1, 0.15) is 5.01 Å². The number of hydrogen-bond donors (Lipinski definition) is 4. The van der Waals surface area contributed by atoms with E-state index in [2.05, 4.69) is 20.9 Å². The van der Waals surface area contributed by atoms with Gasteiger partial charge in [-0.2, -0.15) is 0 Å². The first-order valence-corrected chi connectivity index (χ1v) is 7.36. The first-order valence-electron chi connectivity index (χ1n) is 6.48. The highest BCUT2D eigenvalue weighted by Crippen LogP contribution is 2.18. The van der Waals surface area contributed by atoms with Crippen LogP contribution in [0, 0.1) is 0 Å². The molecule has 0 spiro atoms. The van der Waals surface area contributed by atoms with E-state index in [1.807, 2.05) is 0 Å². The minimum Gasteiger partial charge on any atom is -0.476 e. The number of hydrogen-bond acceptors (Lipinski definition) is 5. The van der Waals surface area contributed by atoms with E-state index in [9.17, 15) is 14.4 Å². The summed E-state index contributed by atoms with van der Waals surface area (Å²) in [5, 5.41) is 18.5. The number of carbonyl (C=O) groups excluding carboxylic acids is 2. The van der Waals surface area contributed by atoms with Crippen molar-refractivity contribution in [3.05, 3.63) is 16.1 Å². The fraction of sp³-hybridized carbons (Fsp3) is 0.500. The molecule has 1 unspecified atom stereocenters. The minimum atomic E-state index is -1.11. The molecule has 4 N–H and O–H groups in total. The zero-order valence-electron chi connectivity index (χ0n) is 11.4. The van der Waals surface area contributed by atoms with E-state index >= 15 is 0 Å². The van der Waals surface area contributed by atoms with Crippen LogP contribution in [-0.2, 0) is 4.79 Å². The molecule has 1 atom stereocenters. The fourth-order valence-corrected chi connectivity index (χ4v) is 2.36. The van der Waals surface area contributed by atoms with Crippen LogP contribution in [0.3, 0.4) is 0 Å². The van der Waals surface area contributed by atoms with Crippen LogP contribution in [0.5, 0.6) is 0 Å². The van der Waals surface area contributed by atoms with Crippen LogP contribution in [0.15, 0.2) is 5.38 Å². The molecule has 0 saturated heterocycles. The standard InChI is InChI=1S/C12H16N4O4S/c1-6(10-16-8(5-21-10)11(18)19)14-12(20)13-4-9(17)15-7-2-3-7/h5-7H,2-4H2,1H3,(H,15,17)(H,18,19)(H2,13,14,20). The Morgan fingerprint density at radius 1 is 1.48 bits per heavy atom. The summed E-state index contributed by atoms with van der Waals surface area (Å²) in [5.41, 5.74) is -0.0483. The normalized spacial score (nSPS) is 15.1. The maximum Gasteiger partial charge on any atom is 0.355 e. The molecule has 1 aliphatic carbocycles. The number of carbonyl (C=O) groups is 3. The van der Waals surface area contributed by atoms with Gasteiger partial charge >= 0.3 is 12.0 Å². The van der Waals surface area contributed by atoms with E-state index in [4.69, 9.17) is 5.11 Å². The number of carboxylic acid groups (broad SMARTS) is 1. The van der Waals surface area contributed by atoms with E-state index in [1.54, 1.807) is 6.92 Å². The number of nitrogens with zero attached hydrogens (tertiary/aromatic N) is 1. The van der Waals surface area contributed by atoms with Crippen LogP contribution >= 0.6 is 11.3 Å². The first-order chi connectivity index (χ1) is 9.95. The molecule has 1 fully saturated rings. The highest BCUT2D eigenvalue weighted by Gasteiger charge is 2.23. The Labute approximate surface area is 124 Å². The lowest BCUT2D eigenvalue weighted by molar-refractivity contribution is -0.120. The second-order valence-electron chi connectivity index (χ2n) is 4.77. The van der Waals surface area contributed by atoms with E-state index in [0.29, 0.717) is 5.01 Å². The van der Waals surface area contributed by atoms with Gasteiger partial charge in [0.15, 0.2) is 5.69 Å². The molecule has 0 radical (unpaired) electrons. The molecule has 1 heterocycles. The zero-order chi connectivity index (χ0) is 15.4. The van der Waals surface area contributed by atoms with E-state index in [-0.39, 0.29) is 24.2 Å². The second-order valence-corrected chi connectivity index (χ2v) is 5.66. The molecule has 8 nitrogen and oxygen atoms in total. The highest BCUT2D eigenvalue weighted by molar-refractivity contribution is 7.09. The topological polar surface area (TPSA) is 120 Å². The molecule has 9 heteroatoms. The maximum atomic E-state index is 11.6. The molecule has 114 valence electrons. The van der Waals surface area contributed by atoms with Crippen molar-refractivity contribution < 1.29 is 19.5 Å². The van der Waals surface area contributed by atoms with Gasteiger partial charge in [0.05, 0.1) is 12.6 Å². The summed E-state index contributed by atoms with van der Waals surface area (Å²) in [6, 6.07) is -0.679. The summed E-state index contributed by atoms with van der Waals surface area (Å²) < 4.78 is 0. The summed E-state index contributed by atoms with van der Waals surface area (Å²) in [4.78, 5) is 37.7. The van der Waals surface area contributed by atoms with Gasteiger partial charge in [0, 0.05) is 11.4 Å². The third-order valence-electron chi connectivity index (χ3n) is 2.81. The lowest BCUT2D eigenvalue weighted by atomic mass is 10.3. The Hall–Kier alpha value is -2.16. The van der Waals surface area contributed by atoms with Gasteiger partial charge in [0.2, 0.25) is 5.91 Å². The Balaban J connectivity index is 1.75. The van der Waals surface area contributed by atoms with Gasteiger partial charge in [-0.15, -0.1) is 11.3 Å². The quantitative estimate of drug-likeness (QED) is 0.609. The number of amides is 3. The number of carboxylic acids is 1. The van der Waals surface area contributed by atoms with E-state index in [1.165, 1.54) is 5.38 Å². The molecule has 3 amide bonds. The average Bonchev–Trinajstić information content (AvgIpc) is 3.08. The smallest absolute Gasteiger partial charge is 0.355 e. The molecular formula is C12H16N4O4S. The molecule has 21 heavy (non-hydrogen) atoms. The van der Waals surface area contributed by atoms with Gasteiger partial charge in [-0.3, -0.25) is 4.79 Å². The molecule has 2 rings (SSSR count). The predicted octanol–water partition coefficient (Wildman–Crippen LogP) is 0.480. The monoisotopic (exact) mass is 312 g/mol. The van der Waals surface area contributed by atoms with Gasteiger partial charge in [-0.25, -0.2) is 14.6 Å². The van der Waals surface area contributed by atoms with Crippen molar-refractivity contribution in [1.29, 1.82) is 0 Å². The third kappa shape index (κ3) is 4.71. The van der Waals surface area contributed by atoms with Crippen molar-refractivity contribution in [3.8, 4) is 0 Å². The zero-order valence-corrected chi connectivity index (χ0v) is 12.2. The molecule has 1 aliphatic rings. The number of rotatable bonds is 6. The van der Waals surface area contributed by atoms with E-state index in [0.717, 1.165) is 24.2 Å². The van der Waals surface area contributed by atoms with E-state index < -0.39 is 18.0 Å². The van der Waals surface area contributed by atoms with Gasteiger partial charge in [0.25, 0.3) is 0 Å². The predicted molar refractivity (Wildman–Crippen MR) is 75.2 cm³/mol. The van der Waals surface area contributed by atoms with Crippen LogP contribution in [0.25, 0.3) is 0 Å². The maximum absolute atomic E-state index is 11.6. The van der Waals surface area contributed by atoms with Crippen LogP contribution in [0.2, 0.25) is 0 Å². The Bertz CT molecular complexity index is 555. The van der Waals surface area contributed by atoms with Crippen LogP contribution in [0.4, 0.5) is 4.79 Å². The molecule has 0 aliphatic heterocycles. The molecule has 0 bridgehead atoms. The second kappa shape index (κ2) is 6.53. The summed E-state index contributed by atoms with van der Waals surface area (Å²) in [7, 11) is 0. The largest absolute Gasteiger partial charge is 0.476 e. The number of thiazole rings is 1. The number of aromatic nitrogens is 1. The van der Waals surface area contributed by atoms with Crippen molar-refractivity contribution >= 4 is 29.2 Å². The fourth-order valence-electron chi connectivity index (χ4n) is 1.56. The number of urea groups is 1. The summed E-state index contributed by atoms with van der Waals surface area (Å²) in [6.07, 6.45) is 1.98. The van der Waals surface area contributed by atoms with Crippen molar-refractivity contribution in [2.45, 2.75) is 31.8 Å². The third-order valence-corrected chi connectivity index (χ3v) is 3.84. The highest BCUT2D eigenvalue weighted by atomic mass is 32.1. The Morgan fingerprint density at radius 3 is 2.76 bits per heavy atom. The van der Waals surface area contributed by atoms with Crippen LogP contribution in [-0.4, -0.2) is 40.6 Å². The first kappa shape index (κ1) is 15.2. The molecule has 1 aromatic rings. The average molecular weight is 312 g/mol. The summed E-state index contributed by atoms with van der Waals surface area (Å²) in [5.74, 6) is -1.33. The molecule has 1 saturated carbocycles. The number of aromatic carboxylic acids is 1. The lowest BCUT2D eigenvalue weighted by Crippen LogP contribution is -2.43. The van der Waals surface area contributed by atoms with Gasteiger partial charge < -0.3 is 21.1 Å². The van der Waals surface area contributed by atoms with Gasteiger partial charge in [-0.1, -0.05) is 0 Å². The Morgan fingerprint density at radius 2 is 2.19 bits per heavy atom. The SMILES string of the molecule is CC(NC(=O)NCC(=O)NC1CC1)c1nc(C(=O)O)cs1. The minimum absolute atomic E-state index is 0.0483. The van der Waals surface area contributed by atoms with Crippen molar-refractivity contribution in [2.24, 2.45) is 0 Å². The van der Waals surface area contributed by atoms with Crippen LogP contribution < -0.4 is 16.0 Å². The van der Waals surface area contributed by atoms with Crippen molar-refractivity contribution in [1.82, 2.24) is 20.9 Å². The van der Waals surface area contributed by atoms with Gasteiger partial charge in [-0.05, 0) is 19.8 Å². The van der Waals surface area contributed by atoms with Crippen LogP contribution in [0.1, 0.15) is 41.3 Å². The molecule has 0 aromatic carbocycles. The molecule has 1 aromatic heterocycles. The number of nitrogens with one attached hydrogen (secondary N) is 3. The summed E-state index contributed by atoms with van der Waals surface area (Å²) in [6.45, 7) is 1.60. The van der Waals surface area contributed by atoms with Crippen molar-refractivity contribution in [2.75, 3.05) is 6.54 Å². The summed E-state index contributed by atoms with van der Waals surface area (Å²) >= 11 is 1.16. The molecular weight excluding hydrogens is 296 g/mol.